The quantitative estimate of drug-likeness (QED) is 0.198. The number of hydrogen-bond acceptors (Lipinski definition) is 9. The first-order valence-electron chi connectivity index (χ1n) is 15.2. The van der Waals surface area contributed by atoms with Gasteiger partial charge in [0.05, 0.1) is 6.33 Å². The molecule has 3 N–H and O–H groups in total. The Kier molecular flexibility index (Phi) is 11.0. The van der Waals surface area contributed by atoms with Crippen molar-refractivity contribution in [2.45, 2.75) is 141 Å². The molecule has 11 heteroatoms. The molecule has 0 spiro atoms. The van der Waals surface area contributed by atoms with Crippen LogP contribution in [0.2, 0.25) is 0 Å². The molecule has 0 radical (unpaired) electrons. The number of H-pyrrole nitrogens is 1. The Morgan fingerprint density at radius 2 is 1.60 bits per heavy atom. The molecule has 4 heterocycles. The van der Waals surface area contributed by atoms with Crippen molar-refractivity contribution in [1.29, 1.82) is 0 Å². The summed E-state index contributed by atoms with van der Waals surface area (Å²) in [5.41, 5.74) is 5.77. The second-order valence-electron chi connectivity index (χ2n) is 11.6. The number of unbranched alkanes of at least 4 members (excludes halogenated alkanes) is 12. The van der Waals surface area contributed by atoms with Gasteiger partial charge >= 0.3 is 5.97 Å². The van der Waals surface area contributed by atoms with Gasteiger partial charge in [0.2, 0.25) is 5.95 Å². The van der Waals surface area contributed by atoms with Gasteiger partial charge in [-0.1, -0.05) is 84.0 Å². The summed E-state index contributed by atoms with van der Waals surface area (Å²) in [6.07, 6.45) is 16.1. The highest BCUT2D eigenvalue weighted by molar-refractivity contribution is 5.70. The summed E-state index contributed by atoms with van der Waals surface area (Å²) in [6, 6.07) is 0. The van der Waals surface area contributed by atoms with E-state index in [0.29, 0.717) is 12.1 Å². The first-order valence-corrected chi connectivity index (χ1v) is 15.2. The Hall–Kier alpha value is -2.50. The molecular formula is C29H47N5O6. The lowest BCUT2D eigenvalue weighted by atomic mass is 10.0. The zero-order valence-electron chi connectivity index (χ0n) is 24.4. The summed E-state index contributed by atoms with van der Waals surface area (Å²) < 4.78 is 25.7. The molecule has 4 atom stereocenters. The molecule has 2 aromatic rings. The fourth-order valence-electron chi connectivity index (χ4n) is 5.68. The van der Waals surface area contributed by atoms with E-state index in [-0.39, 0.29) is 24.0 Å². The SMILES string of the molecule is CCCCCCCCCCCCCCCC(=O)OC[C@H]1O[C@@H](n2cnc3c(=O)[nH]c(N)nc32)[C@@H]2OC(C)(C)O[C@@H]21. The van der Waals surface area contributed by atoms with Crippen LogP contribution in [0.4, 0.5) is 5.95 Å². The van der Waals surface area contributed by atoms with Gasteiger partial charge in [0.25, 0.3) is 5.56 Å². The summed E-state index contributed by atoms with van der Waals surface area (Å²) >= 11 is 0. The van der Waals surface area contributed by atoms with E-state index in [4.69, 9.17) is 24.7 Å². The molecule has 0 amide bonds. The molecule has 2 aliphatic rings. The Morgan fingerprint density at radius 3 is 2.25 bits per heavy atom. The lowest BCUT2D eigenvalue weighted by Crippen LogP contribution is -2.33. The van der Waals surface area contributed by atoms with Crippen molar-refractivity contribution in [2.24, 2.45) is 0 Å². The fraction of sp³-hybridized carbons (Fsp3) is 0.793. The Bertz CT molecular complexity index is 1150. The van der Waals surface area contributed by atoms with Gasteiger partial charge in [-0.15, -0.1) is 0 Å². The average Bonchev–Trinajstić information content (AvgIpc) is 3.56. The van der Waals surface area contributed by atoms with Crippen molar-refractivity contribution in [3.8, 4) is 0 Å². The van der Waals surface area contributed by atoms with Crippen LogP contribution in [0.25, 0.3) is 11.2 Å². The predicted octanol–water partition coefficient (Wildman–Crippen LogP) is 5.14. The number of nitrogens with one attached hydrogen (secondary N) is 1. The molecule has 4 rings (SSSR count). The number of nitrogens with two attached hydrogens (primary N) is 1. The van der Waals surface area contributed by atoms with Crippen LogP contribution in [0.1, 0.15) is 117 Å². The van der Waals surface area contributed by atoms with Crippen LogP contribution in [0, 0.1) is 0 Å². The van der Waals surface area contributed by atoms with Crippen molar-refractivity contribution in [3.63, 3.8) is 0 Å². The lowest BCUT2D eigenvalue weighted by Gasteiger charge is -2.24. The fourth-order valence-corrected chi connectivity index (χ4v) is 5.68. The highest BCUT2D eigenvalue weighted by Gasteiger charge is 2.56. The third kappa shape index (κ3) is 8.04. The third-order valence-electron chi connectivity index (χ3n) is 7.74. The molecule has 2 saturated heterocycles. The van der Waals surface area contributed by atoms with Gasteiger partial charge in [-0.25, -0.2) is 4.98 Å². The van der Waals surface area contributed by atoms with Crippen molar-refractivity contribution in [3.05, 3.63) is 16.7 Å². The number of carbonyl (C=O) groups is 1. The minimum absolute atomic E-state index is 0.0173. The van der Waals surface area contributed by atoms with E-state index in [0.717, 1.165) is 19.3 Å². The molecule has 224 valence electrons. The summed E-state index contributed by atoms with van der Waals surface area (Å²) in [4.78, 5) is 35.5. The number of anilines is 1. The number of fused-ring (bicyclic) bond motifs is 2. The number of ether oxygens (including phenoxy) is 4. The molecule has 0 saturated carbocycles. The molecule has 2 aliphatic heterocycles. The minimum Gasteiger partial charge on any atom is -0.463 e. The van der Waals surface area contributed by atoms with Crippen LogP contribution in [-0.4, -0.2) is 56.2 Å². The van der Waals surface area contributed by atoms with Gasteiger partial charge in [0, 0.05) is 6.42 Å². The number of nitrogens with zero attached hydrogens (tertiary/aromatic N) is 3. The number of rotatable bonds is 17. The molecular weight excluding hydrogens is 514 g/mol. The van der Waals surface area contributed by atoms with Crippen LogP contribution in [0.15, 0.2) is 11.1 Å². The normalized spacial score (nSPS) is 23.6. The number of carbonyl (C=O) groups excluding carboxylic acids is 1. The first-order chi connectivity index (χ1) is 19.3. The third-order valence-corrected chi connectivity index (χ3v) is 7.74. The highest BCUT2D eigenvalue weighted by Crippen LogP contribution is 2.43. The predicted molar refractivity (Wildman–Crippen MR) is 152 cm³/mol. The molecule has 0 bridgehead atoms. The summed E-state index contributed by atoms with van der Waals surface area (Å²) in [7, 11) is 0. The monoisotopic (exact) mass is 561 g/mol. The Morgan fingerprint density at radius 1 is 1.00 bits per heavy atom. The van der Waals surface area contributed by atoms with E-state index in [1.54, 1.807) is 4.57 Å². The van der Waals surface area contributed by atoms with Crippen LogP contribution in [0.5, 0.6) is 0 Å². The Balaban J connectivity index is 1.17. The van der Waals surface area contributed by atoms with Gasteiger partial charge in [-0.2, -0.15) is 4.98 Å². The van der Waals surface area contributed by atoms with Crippen molar-refractivity contribution >= 4 is 23.1 Å². The topological polar surface area (TPSA) is 144 Å². The number of hydrogen-bond donors (Lipinski definition) is 2. The summed E-state index contributed by atoms with van der Waals surface area (Å²) in [5, 5.41) is 0. The second-order valence-corrected chi connectivity index (χ2v) is 11.6. The van der Waals surface area contributed by atoms with Gasteiger partial charge < -0.3 is 24.7 Å². The molecule has 2 aromatic heterocycles. The molecule has 0 unspecified atom stereocenters. The van der Waals surface area contributed by atoms with Gasteiger partial charge in [0.15, 0.2) is 23.2 Å². The highest BCUT2D eigenvalue weighted by atomic mass is 16.8. The Labute approximate surface area is 236 Å². The van der Waals surface area contributed by atoms with Crippen LogP contribution in [0.3, 0.4) is 0 Å². The van der Waals surface area contributed by atoms with E-state index in [1.807, 2.05) is 13.8 Å². The lowest BCUT2D eigenvalue weighted by molar-refractivity contribution is -0.202. The number of aromatic nitrogens is 4. The zero-order chi connectivity index (χ0) is 28.5. The largest absolute Gasteiger partial charge is 0.463 e. The first kappa shape index (κ1) is 30.5. The number of imidazole rings is 1. The van der Waals surface area contributed by atoms with Crippen LogP contribution in [-0.2, 0) is 23.7 Å². The minimum atomic E-state index is -0.839. The van der Waals surface area contributed by atoms with E-state index in [9.17, 15) is 9.59 Å². The summed E-state index contributed by atoms with van der Waals surface area (Å²) in [5.74, 6) is -1.09. The molecule has 40 heavy (non-hydrogen) atoms. The van der Waals surface area contributed by atoms with Crippen LogP contribution < -0.4 is 11.3 Å². The van der Waals surface area contributed by atoms with Gasteiger partial charge in [-0.3, -0.25) is 19.1 Å². The van der Waals surface area contributed by atoms with Crippen molar-refractivity contribution in [2.75, 3.05) is 12.3 Å². The standard InChI is InChI=1S/C29H47N5O6/c1-4-5-6-7-8-9-10-11-12-13-14-15-16-17-21(35)37-18-20-23-24(40-29(2,3)39-23)27(38-20)34-19-31-22-25(34)32-28(30)33-26(22)36/h19-20,23-24,27H,4-18H2,1-3H3,(H3,30,32,33,36)/t20-,23-,24-,27-/m1/s1. The molecule has 0 aromatic carbocycles. The van der Waals surface area contributed by atoms with E-state index in [2.05, 4.69) is 21.9 Å². The average molecular weight is 562 g/mol. The number of esters is 1. The summed E-state index contributed by atoms with van der Waals surface area (Å²) in [6.45, 7) is 5.96. The second kappa shape index (κ2) is 14.4. The smallest absolute Gasteiger partial charge is 0.305 e. The number of nitrogen functional groups attached to an aromatic ring is 1. The zero-order valence-corrected chi connectivity index (χ0v) is 24.4. The van der Waals surface area contributed by atoms with Crippen LogP contribution >= 0.6 is 0 Å². The molecule has 2 fully saturated rings. The van der Waals surface area contributed by atoms with Gasteiger partial charge in [0.1, 0.15) is 24.9 Å². The van der Waals surface area contributed by atoms with Crippen molar-refractivity contribution < 1.29 is 23.7 Å². The van der Waals surface area contributed by atoms with E-state index in [1.165, 1.54) is 70.5 Å². The molecule has 11 nitrogen and oxygen atoms in total. The van der Waals surface area contributed by atoms with Crippen molar-refractivity contribution in [1.82, 2.24) is 19.5 Å². The van der Waals surface area contributed by atoms with E-state index < -0.39 is 35.9 Å². The maximum atomic E-state index is 12.5. The maximum absolute atomic E-state index is 12.5. The van der Waals surface area contributed by atoms with E-state index >= 15 is 0 Å². The maximum Gasteiger partial charge on any atom is 0.305 e. The number of aromatic amines is 1. The van der Waals surface area contributed by atoms with Gasteiger partial charge in [-0.05, 0) is 20.3 Å². The molecule has 0 aliphatic carbocycles.